The average Bonchev–Trinajstić information content (AvgIpc) is 2.31. The second kappa shape index (κ2) is 5.88. The maximum absolute atomic E-state index is 6.44. The van der Waals surface area contributed by atoms with Crippen molar-refractivity contribution < 1.29 is 0 Å². The molecule has 100 valence electrons. The van der Waals surface area contributed by atoms with Crippen molar-refractivity contribution >= 4 is 0 Å². The van der Waals surface area contributed by atoms with Crippen molar-refractivity contribution in [2.24, 2.45) is 23.5 Å². The van der Waals surface area contributed by atoms with Gasteiger partial charge in [-0.25, -0.2) is 0 Å². The Labute approximate surface area is 112 Å². The maximum atomic E-state index is 6.44. The van der Waals surface area contributed by atoms with E-state index in [1.165, 1.54) is 30.4 Å². The molecule has 0 aliphatic heterocycles. The first-order chi connectivity index (χ1) is 8.54. The molecule has 3 unspecified atom stereocenters. The van der Waals surface area contributed by atoms with Crippen LogP contribution in [0.15, 0.2) is 24.3 Å². The highest BCUT2D eigenvalue weighted by Crippen LogP contribution is 2.34. The molecule has 1 aromatic rings. The smallest absolute Gasteiger partial charge is 0.0108 e. The molecule has 2 rings (SSSR count). The van der Waals surface area contributed by atoms with E-state index in [2.05, 4.69) is 45.0 Å². The van der Waals surface area contributed by atoms with Gasteiger partial charge in [0.15, 0.2) is 0 Å². The van der Waals surface area contributed by atoms with Crippen molar-refractivity contribution in [3.05, 3.63) is 35.4 Å². The van der Waals surface area contributed by atoms with Crippen LogP contribution in [0.3, 0.4) is 0 Å². The van der Waals surface area contributed by atoms with Gasteiger partial charge in [0, 0.05) is 6.04 Å². The van der Waals surface area contributed by atoms with Crippen molar-refractivity contribution in [3.8, 4) is 0 Å². The SMILES string of the molecule is Cc1ccc(CC(N)C2CC(C)CC(C)C2)cc1. The van der Waals surface area contributed by atoms with E-state index in [0.29, 0.717) is 12.0 Å². The molecule has 0 spiro atoms. The zero-order chi connectivity index (χ0) is 13.1. The molecule has 3 atom stereocenters. The summed E-state index contributed by atoms with van der Waals surface area (Å²) in [5.74, 6) is 2.41. The van der Waals surface area contributed by atoms with Gasteiger partial charge in [0.25, 0.3) is 0 Å². The lowest BCUT2D eigenvalue weighted by molar-refractivity contribution is 0.192. The van der Waals surface area contributed by atoms with Crippen LogP contribution in [0.2, 0.25) is 0 Å². The monoisotopic (exact) mass is 245 g/mol. The van der Waals surface area contributed by atoms with Crippen LogP contribution in [0.1, 0.15) is 44.2 Å². The van der Waals surface area contributed by atoms with E-state index >= 15 is 0 Å². The molecule has 1 saturated carbocycles. The van der Waals surface area contributed by atoms with E-state index < -0.39 is 0 Å². The van der Waals surface area contributed by atoms with E-state index in [-0.39, 0.29) is 0 Å². The number of aryl methyl sites for hydroxylation is 1. The third-order valence-corrected chi connectivity index (χ3v) is 4.41. The summed E-state index contributed by atoms with van der Waals surface area (Å²) in [6.45, 7) is 6.89. The maximum Gasteiger partial charge on any atom is 0.0108 e. The van der Waals surface area contributed by atoms with Crippen LogP contribution < -0.4 is 5.73 Å². The van der Waals surface area contributed by atoms with E-state index in [1.54, 1.807) is 0 Å². The minimum Gasteiger partial charge on any atom is -0.327 e. The van der Waals surface area contributed by atoms with Crippen LogP contribution >= 0.6 is 0 Å². The van der Waals surface area contributed by atoms with Crippen molar-refractivity contribution in [2.75, 3.05) is 0 Å². The summed E-state index contributed by atoms with van der Waals surface area (Å²) < 4.78 is 0. The fourth-order valence-electron chi connectivity index (χ4n) is 3.52. The quantitative estimate of drug-likeness (QED) is 0.857. The number of rotatable bonds is 3. The predicted octanol–water partition coefficient (Wildman–Crippen LogP) is 3.94. The van der Waals surface area contributed by atoms with Crippen molar-refractivity contribution in [3.63, 3.8) is 0 Å². The van der Waals surface area contributed by atoms with E-state index in [0.717, 1.165) is 18.3 Å². The van der Waals surface area contributed by atoms with Crippen molar-refractivity contribution in [2.45, 2.75) is 52.5 Å². The molecule has 1 nitrogen and oxygen atoms in total. The van der Waals surface area contributed by atoms with Gasteiger partial charge in [-0.1, -0.05) is 43.7 Å². The van der Waals surface area contributed by atoms with Crippen molar-refractivity contribution in [1.82, 2.24) is 0 Å². The lowest BCUT2D eigenvalue weighted by Crippen LogP contribution is -2.37. The van der Waals surface area contributed by atoms with Gasteiger partial charge in [0.05, 0.1) is 0 Å². The van der Waals surface area contributed by atoms with E-state index in [9.17, 15) is 0 Å². The fraction of sp³-hybridized carbons (Fsp3) is 0.647. The van der Waals surface area contributed by atoms with Crippen LogP contribution in [-0.2, 0) is 6.42 Å². The largest absolute Gasteiger partial charge is 0.327 e. The van der Waals surface area contributed by atoms with Crippen LogP contribution in [0.4, 0.5) is 0 Å². The molecule has 0 saturated heterocycles. The Kier molecular flexibility index (Phi) is 4.45. The Bertz CT molecular complexity index is 358. The molecular formula is C17H27N. The summed E-state index contributed by atoms with van der Waals surface area (Å²) in [6, 6.07) is 9.16. The highest BCUT2D eigenvalue weighted by Gasteiger charge is 2.28. The third kappa shape index (κ3) is 3.58. The molecule has 1 aromatic carbocycles. The Hall–Kier alpha value is -0.820. The molecule has 0 heterocycles. The Morgan fingerprint density at radius 3 is 2.17 bits per heavy atom. The molecule has 1 aliphatic rings. The Balaban J connectivity index is 1.94. The Morgan fingerprint density at radius 2 is 1.61 bits per heavy atom. The molecule has 0 aromatic heterocycles. The average molecular weight is 245 g/mol. The lowest BCUT2D eigenvalue weighted by atomic mass is 9.73. The Morgan fingerprint density at radius 1 is 1.06 bits per heavy atom. The summed E-state index contributed by atoms with van der Waals surface area (Å²) >= 11 is 0. The fourth-order valence-corrected chi connectivity index (χ4v) is 3.52. The number of benzene rings is 1. The number of nitrogens with two attached hydrogens (primary N) is 1. The standard InChI is InChI=1S/C17H27N/c1-12-4-6-15(7-5-12)11-17(18)16-9-13(2)8-14(3)10-16/h4-7,13-14,16-17H,8-11,18H2,1-3H3. The molecule has 18 heavy (non-hydrogen) atoms. The first kappa shape index (κ1) is 13.6. The summed E-state index contributed by atoms with van der Waals surface area (Å²) in [5.41, 5.74) is 9.16. The summed E-state index contributed by atoms with van der Waals surface area (Å²) in [5, 5.41) is 0. The highest BCUT2D eigenvalue weighted by molar-refractivity contribution is 5.22. The minimum atomic E-state index is 0.331. The van der Waals surface area contributed by atoms with Gasteiger partial charge in [-0.15, -0.1) is 0 Å². The van der Waals surface area contributed by atoms with Gasteiger partial charge in [-0.2, -0.15) is 0 Å². The number of hydrogen-bond donors (Lipinski definition) is 1. The van der Waals surface area contributed by atoms with Crippen LogP contribution in [-0.4, -0.2) is 6.04 Å². The zero-order valence-electron chi connectivity index (χ0n) is 12.0. The first-order valence-electron chi connectivity index (χ1n) is 7.35. The van der Waals surface area contributed by atoms with Crippen molar-refractivity contribution in [1.29, 1.82) is 0 Å². The molecule has 0 radical (unpaired) electrons. The van der Waals surface area contributed by atoms with Crippen LogP contribution in [0, 0.1) is 24.7 Å². The van der Waals surface area contributed by atoms with Crippen LogP contribution in [0.5, 0.6) is 0 Å². The van der Waals surface area contributed by atoms with E-state index in [1.807, 2.05) is 0 Å². The molecule has 1 heteroatoms. The zero-order valence-corrected chi connectivity index (χ0v) is 12.0. The van der Waals surface area contributed by atoms with Gasteiger partial charge in [0.1, 0.15) is 0 Å². The second-order valence-corrected chi connectivity index (χ2v) is 6.53. The number of hydrogen-bond acceptors (Lipinski definition) is 1. The second-order valence-electron chi connectivity index (χ2n) is 6.53. The van der Waals surface area contributed by atoms with E-state index in [4.69, 9.17) is 5.73 Å². The first-order valence-corrected chi connectivity index (χ1v) is 7.35. The predicted molar refractivity (Wildman–Crippen MR) is 78.5 cm³/mol. The molecule has 1 fully saturated rings. The molecular weight excluding hydrogens is 218 g/mol. The molecule has 2 N–H and O–H groups in total. The van der Waals surface area contributed by atoms with Gasteiger partial charge in [-0.05, 0) is 55.9 Å². The van der Waals surface area contributed by atoms with Crippen LogP contribution in [0.25, 0.3) is 0 Å². The lowest BCUT2D eigenvalue weighted by Gasteiger charge is -2.35. The molecule has 1 aliphatic carbocycles. The summed E-state index contributed by atoms with van der Waals surface area (Å²) in [4.78, 5) is 0. The summed E-state index contributed by atoms with van der Waals surface area (Å²) in [6.07, 6.45) is 5.05. The minimum absolute atomic E-state index is 0.331. The normalized spacial score (nSPS) is 30.1. The summed E-state index contributed by atoms with van der Waals surface area (Å²) in [7, 11) is 0. The topological polar surface area (TPSA) is 26.0 Å². The molecule has 0 bridgehead atoms. The highest BCUT2D eigenvalue weighted by atomic mass is 14.7. The van der Waals surface area contributed by atoms with Gasteiger partial charge < -0.3 is 5.73 Å². The molecule has 0 amide bonds. The van der Waals surface area contributed by atoms with Gasteiger partial charge in [0.2, 0.25) is 0 Å². The van der Waals surface area contributed by atoms with Gasteiger partial charge >= 0.3 is 0 Å². The van der Waals surface area contributed by atoms with Gasteiger partial charge in [-0.3, -0.25) is 0 Å². The third-order valence-electron chi connectivity index (χ3n) is 4.41.